The van der Waals surface area contributed by atoms with Gasteiger partial charge in [-0.15, -0.1) is 0 Å². The van der Waals surface area contributed by atoms with Crippen molar-refractivity contribution >= 4 is 57.2 Å². The van der Waals surface area contributed by atoms with E-state index < -0.39 is 0 Å². The van der Waals surface area contributed by atoms with E-state index in [2.05, 4.69) is 51.8 Å². The molecule has 0 unspecified atom stereocenters. The van der Waals surface area contributed by atoms with Crippen LogP contribution in [0.3, 0.4) is 0 Å². The van der Waals surface area contributed by atoms with E-state index >= 15 is 0 Å². The smallest absolute Gasteiger partial charge is 0.266 e. The largest absolute Gasteiger partial charge is 0.497 e. The first-order valence-electron chi connectivity index (χ1n) is 10.5. The molecule has 0 spiro atoms. The van der Waals surface area contributed by atoms with Crippen molar-refractivity contribution in [1.29, 1.82) is 0 Å². The number of hydrogen-bond acceptors (Lipinski definition) is 5. The van der Waals surface area contributed by atoms with Gasteiger partial charge in [0.25, 0.3) is 5.91 Å². The Morgan fingerprint density at radius 1 is 1.03 bits per heavy atom. The molecule has 3 aromatic rings. The molecule has 0 bridgehead atoms. The average Bonchev–Trinajstić information content (AvgIpc) is 3.13. The molecule has 0 N–H and O–H groups in total. The molecular formula is C26H23IN2O3S. The first-order valence-corrected chi connectivity index (χ1v) is 12.4. The summed E-state index contributed by atoms with van der Waals surface area (Å²) in [6.07, 6.45) is 1.88. The average molecular weight is 570 g/mol. The maximum Gasteiger partial charge on any atom is 0.266 e. The maximum absolute atomic E-state index is 13.1. The van der Waals surface area contributed by atoms with Crippen LogP contribution in [0.4, 0.5) is 5.69 Å². The third-order valence-electron chi connectivity index (χ3n) is 5.01. The summed E-state index contributed by atoms with van der Waals surface area (Å²) in [6, 6.07) is 23.5. The number of amides is 1. The highest BCUT2D eigenvalue weighted by Gasteiger charge is 2.32. The molecule has 1 fully saturated rings. The maximum atomic E-state index is 13.1. The van der Waals surface area contributed by atoms with E-state index in [1.807, 2.05) is 61.5 Å². The zero-order valence-corrected chi connectivity index (χ0v) is 21.3. The Morgan fingerprint density at radius 2 is 1.76 bits per heavy atom. The van der Waals surface area contributed by atoms with Crippen LogP contribution in [-0.4, -0.2) is 29.6 Å². The number of benzene rings is 3. The molecule has 0 saturated carbocycles. The number of carbonyl (C=O) groups excluding carboxylic acids is 1. The van der Waals surface area contributed by atoms with Gasteiger partial charge >= 0.3 is 0 Å². The van der Waals surface area contributed by atoms with E-state index in [0.29, 0.717) is 23.2 Å². The standard InChI is InChI=1S/C26H23IN2O3S/c1-3-29-25(30)24(33-26(29)28-21-12-14-22(31-2)15-13-21)16-19-6-4-5-7-23(19)32-17-18-8-10-20(27)11-9-18/h4-16H,3,17H2,1-2H3/b24-16+,28-26?. The molecule has 3 aromatic carbocycles. The van der Waals surface area contributed by atoms with E-state index in [0.717, 1.165) is 28.3 Å². The molecule has 0 aliphatic carbocycles. The molecule has 5 nitrogen and oxygen atoms in total. The number of amidine groups is 1. The Bertz CT molecular complexity index is 1190. The van der Waals surface area contributed by atoms with Crippen LogP contribution in [0.5, 0.6) is 11.5 Å². The zero-order valence-electron chi connectivity index (χ0n) is 18.3. The summed E-state index contributed by atoms with van der Waals surface area (Å²) in [5.74, 6) is 1.45. The first-order chi connectivity index (χ1) is 16.1. The molecule has 1 aliphatic heterocycles. The molecule has 168 valence electrons. The van der Waals surface area contributed by atoms with Crippen LogP contribution in [0.15, 0.2) is 82.7 Å². The van der Waals surface area contributed by atoms with E-state index in [4.69, 9.17) is 9.47 Å². The van der Waals surface area contributed by atoms with Gasteiger partial charge in [0.15, 0.2) is 5.17 Å². The van der Waals surface area contributed by atoms with E-state index in [-0.39, 0.29) is 5.91 Å². The lowest BCUT2D eigenvalue weighted by Gasteiger charge is -2.12. The first kappa shape index (κ1) is 23.4. The highest BCUT2D eigenvalue weighted by Crippen LogP contribution is 2.35. The quantitative estimate of drug-likeness (QED) is 0.240. The number of carbonyl (C=O) groups is 1. The van der Waals surface area contributed by atoms with E-state index in [9.17, 15) is 4.79 Å². The van der Waals surface area contributed by atoms with E-state index in [1.54, 1.807) is 12.0 Å². The highest BCUT2D eigenvalue weighted by molar-refractivity contribution is 14.1. The van der Waals surface area contributed by atoms with Crippen molar-refractivity contribution in [3.63, 3.8) is 0 Å². The van der Waals surface area contributed by atoms with Gasteiger partial charge in [-0.1, -0.05) is 30.3 Å². The van der Waals surface area contributed by atoms with Crippen molar-refractivity contribution in [2.24, 2.45) is 4.99 Å². The van der Waals surface area contributed by atoms with Gasteiger partial charge in [0.1, 0.15) is 18.1 Å². The van der Waals surface area contributed by atoms with Crippen LogP contribution in [-0.2, 0) is 11.4 Å². The lowest BCUT2D eigenvalue weighted by molar-refractivity contribution is -0.122. The molecule has 1 aliphatic rings. The van der Waals surface area contributed by atoms with Crippen molar-refractivity contribution in [3.8, 4) is 11.5 Å². The minimum atomic E-state index is -0.0535. The molecule has 1 saturated heterocycles. The SMILES string of the molecule is CCN1C(=O)/C(=C\c2ccccc2OCc2ccc(I)cc2)SC1=Nc1ccc(OC)cc1. The number of rotatable bonds is 7. The summed E-state index contributed by atoms with van der Waals surface area (Å²) in [6.45, 7) is 2.95. The molecule has 33 heavy (non-hydrogen) atoms. The Hall–Kier alpha value is -2.78. The minimum Gasteiger partial charge on any atom is -0.497 e. The minimum absolute atomic E-state index is 0.0535. The van der Waals surface area contributed by atoms with Crippen molar-refractivity contribution in [2.45, 2.75) is 13.5 Å². The number of nitrogens with zero attached hydrogens (tertiary/aromatic N) is 2. The Kier molecular flexibility index (Phi) is 7.72. The second kappa shape index (κ2) is 10.9. The van der Waals surface area contributed by atoms with Crippen molar-refractivity contribution in [2.75, 3.05) is 13.7 Å². The van der Waals surface area contributed by atoms with Crippen LogP contribution >= 0.6 is 34.4 Å². The van der Waals surface area contributed by atoms with E-state index in [1.165, 1.54) is 15.3 Å². The van der Waals surface area contributed by atoms with Crippen LogP contribution in [0.2, 0.25) is 0 Å². The monoisotopic (exact) mass is 570 g/mol. The number of halogens is 1. The summed E-state index contributed by atoms with van der Waals surface area (Å²) in [5.41, 5.74) is 2.72. The highest BCUT2D eigenvalue weighted by atomic mass is 127. The predicted octanol–water partition coefficient (Wildman–Crippen LogP) is 6.50. The van der Waals surface area contributed by atoms with Crippen molar-refractivity contribution < 1.29 is 14.3 Å². The second-order valence-electron chi connectivity index (χ2n) is 7.21. The van der Waals surface area contributed by atoms with Gasteiger partial charge in [0.2, 0.25) is 0 Å². The zero-order chi connectivity index (χ0) is 23.2. The number of hydrogen-bond donors (Lipinski definition) is 0. The summed E-state index contributed by atoms with van der Waals surface area (Å²) in [5, 5.41) is 0.663. The molecule has 1 heterocycles. The third-order valence-corrected chi connectivity index (χ3v) is 6.74. The molecule has 4 rings (SSSR count). The molecule has 0 atom stereocenters. The van der Waals surface area contributed by atoms with Crippen molar-refractivity contribution in [3.05, 3.63) is 92.4 Å². The number of likely N-dealkylation sites (N-methyl/N-ethyl adjacent to an activating group) is 1. The number of methoxy groups -OCH3 is 1. The topological polar surface area (TPSA) is 51.1 Å². The fourth-order valence-corrected chi connectivity index (χ4v) is 4.66. The second-order valence-corrected chi connectivity index (χ2v) is 9.46. The Balaban J connectivity index is 1.56. The Morgan fingerprint density at radius 3 is 2.45 bits per heavy atom. The molecular weight excluding hydrogens is 547 g/mol. The van der Waals surface area contributed by atoms with Gasteiger partial charge in [0.05, 0.1) is 17.7 Å². The molecule has 0 radical (unpaired) electrons. The fraction of sp³-hybridized carbons (Fsp3) is 0.154. The van der Waals surface area contributed by atoms with Gasteiger partial charge in [-0.2, -0.15) is 0 Å². The van der Waals surface area contributed by atoms with Crippen molar-refractivity contribution in [1.82, 2.24) is 4.90 Å². The lowest BCUT2D eigenvalue weighted by Crippen LogP contribution is -2.28. The number of aliphatic imine (C=N–C) groups is 1. The molecule has 1 amide bonds. The number of thioether (sulfide) groups is 1. The van der Waals surface area contributed by atoms with Gasteiger partial charge < -0.3 is 9.47 Å². The van der Waals surface area contributed by atoms with Crippen LogP contribution in [0.1, 0.15) is 18.1 Å². The summed E-state index contributed by atoms with van der Waals surface area (Å²) in [7, 11) is 1.63. The van der Waals surface area contributed by atoms with Crippen LogP contribution < -0.4 is 9.47 Å². The van der Waals surface area contributed by atoms with Crippen LogP contribution in [0, 0.1) is 3.57 Å². The normalized spacial score (nSPS) is 16.0. The summed E-state index contributed by atoms with van der Waals surface area (Å²) in [4.78, 5) is 20.1. The lowest BCUT2D eigenvalue weighted by atomic mass is 10.1. The summed E-state index contributed by atoms with van der Waals surface area (Å²) >= 11 is 3.66. The number of ether oxygens (including phenoxy) is 2. The van der Waals surface area contributed by atoms with Gasteiger partial charge in [-0.3, -0.25) is 9.69 Å². The van der Waals surface area contributed by atoms with Gasteiger partial charge in [0, 0.05) is 15.7 Å². The van der Waals surface area contributed by atoms with Gasteiger partial charge in [-0.05, 0) is 95.4 Å². The van der Waals surface area contributed by atoms with Gasteiger partial charge in [-0.25, -0.2) is 4.99 Å². The molecule has 0 aromatic heterocycles. The predicted molar refractivity (Wildman–Crippen MR) is 143 cm³/mol. The third kappa shape index (κ3) is 5.78. The Labute approximate surface area is 211 Å². The molecule has 7 heteroatoms. The van der Waals surface area contributed by atoms with Crippen LogP contribution in [0.25, 0.3) is 6.08 Å². The summed E-state index contributed by atoms with van der Waals surface area (Å²) < 4.78 is 12.5. The number of para-hydroxylation sites is 1. The fourth-order valence-electron chi connectivity index (χ4n) is 3.25.